The van der Waals surface area contributed by atoms with Crippen molar-refractivity contribution in [3.63, 3.8) is 0 Å². The van der Waals surface area contributed by atoms with Gasteiger partial charge in [-0.05, 0) is 203 Å². The van der Waals surface area contributed by atoms with Gasteiger partial charge in [0.05, 0.1) is 98.7 Å². The maximum Gasteiger partial charge on any atom is 0.375 e. The van der Waals surface area contributed by atoms with Crippen molar-refractivity contribution in [2.45, 2.75) is 324 Å². The Labute approximate surface area is 609 Å². The van der Waals surface area contributed by atoms with E-state index in [0.29, 0.717) is 56.8 Å². The summed E-state index contributed by atoms with van der Waals surface area (Å²) >= 11 is 0. The van der Waals surface area contributed by atoms with Crippen LogP contribution in [-0.4, -0.2) is 166 Å². The summed E-state index contributed by atoms with van der Waals surface area (Å²) in [5, 5.41) is 0. The van der Waals surface area contributed by atoms with Crippen LogP contribution in [0.2, 0.25) is 0 Å². The number of methoxy groups -OCH3 is 1. The Morgan fingerprint density at radius 1 is 0.510 bits per heavy atom. The second kappa shape index (κ2) is 40.1. The predicted molar refractivity (Wildman–Crippen MR) is 379 cm³/mol. The third-order valence-corrected chi connectivity index (χ3v) is 19.9. The quantitative estimate of drug-likeness (QED) is 0.0466. The Morgan fingerprint density at radius 3 is 1.26 bits per heavy atom. The molecular formula is C77H132O25. The molecule has 102 heavy (non-hydrogen) atoms. The lowest BCUT2D eigenvalue weighted by atomic mass is 9.78. The monoisotopic (exact) mass is 1460 g/mol. The molecule has 0 amide bonds. The maximum absolute atomic E-state index is 12.4. The normalized spacial score (nSPS) is 20.7. The van der Waals surface area contributed by atoms with Gasteiger partial charge >= 0.3 is 59.7 Å². The fourth-order valence-corrected chi connectivity index (χ4v) is 8.79. The van der Waals surface area contributed by atoms with Crippen molar-refractivity contribution < 1.29 is 119 Å². The van der Waals surface area contributed by atoms with Gasteiger partial charge in [-0.15, -0.1) is 0 Å². The molecule has 590 valence electrons. The molecule has 0 radical (unpaired) electrons. The molecule has 25 nitrogen and oxygen atoms in total. The first kappa shape index (κ1) is 94.3. The van der Waals surface area contributed by atoms with Crippen LogP contribution in [0.3, 0.4) is 0 Å². The van der Waals surface area contributed by atoms with Crippen LogP contribution in [0.1, 0.15) is 277 Å². The van der Waals surface area contributed by atoms with Gasteiger partial charge in [-0.2, -0.15) is 0 Å². The highest BCUT2D eigenvalue weighted by molar-refractivity contribution is 5.93. The van der Waals surface area contributed by atoms with Crippen LogP contribution in [0, 0.1) is 38.4 Å². The number of carbonyl (C=O) groups is 10. The minimum atomic E-state index is -1.13. The molecule has 6 aliphatic rings. The highest BCUT2D eigenvalue weighted by atomic mass is 16.7. The van der Waals surface area contributed by atoms with Crippen LogP contribution < -0.4 is 0 Å². The fraction of sp³-hybridized carbons (Fsp3) is 0.844. The lowest BCUT2D eigenvalue weighted by Gasteiger charge is -2.43. The van der Waals surface area contributed by atoms with Gasteiger partial charge in [-0.1, -0.05) is 60.8 Å². The van der Waals surface area contributed by atoms with E-state index < -0.39 is 80.4 Å². The zero-order valence-corrected chi connectivity index (χ0v) is 67.6. The molecule has 3 atom stereocenters. The summed E-state index contributed by atoms with van der Waals surface area (Å²) in [6.45, 7) is 52.4. The van der Waals surface area contributed by atoms with E-state index in [2.05, 4.69) is 18.6 Å². The molecule has 0 aromatic heterocycles. The van der Waals surface area contributed by atoms with Crippen molar-refractivity contribution in [1.29, 1.82) is 0 Å². The Balaban J connectivity index is 0.000000618. The van der Waals surface area contributed by atoms with Crippen molar-refractivity contribution in [3.8, 4) is 0 Å². The zero-order chi connectivity index (χ0) is 78.9. The molecule has 3 unspecified atom stereocenters. The zero-order valence-electron chi connectivity index (χ0n) is 67.6. The molecule has 5 fully saturated rings. The first-order chi connectivity index (χ1) is 46.7. The second-order valence-corrected chi connectivity index (χ2v) is 32.4. The minimum Gasteiger partial charge on any atom is -0.469 e. The van der Waals surface area contributed by atoms with Crippen LogP contribution in [0.15, 0.2) is 11.3 Å². The van der Waals surface area contributed by atoms with Crippen LogP contribution in [0.4, 0.5) is 0 Å². The Bertz CT molecular complexity index is 2770. The van der Waals surface area contributed by atoms with E-state index in [-0.39, 0.29) is 110 Å². The summed E-state index contributed by atoms with van der Waals surface area (Å²) in [7, 11) is 1.29. The van der Waals surface area contributed by atoms with E-state index in [0.717, 1.165) is 19.4 Å². The van der Waals surface area contributed by atoms with Gasteiger partial charge in [-0.25, -0.2) is 9.59 Å². The molecule has 5 aliphatic heterocycles. The molecule has 6 rings (SSSR count). The molecule has 0 spiro atoms. The van der Waals surface area contributed by atoms with Crippen LogP contribution >= 0.6 is 0 Å². The molecule has 25 heteroatoms. The Hall–Kier alpha value is -5.76. The third kappa shape index (κ3) is 31.1. The van der Waals surface area contributed by atoms with E-state index in [1.807, 2.05) is 83.1 Å². The van der Waals surface area contributed by atoms with E-state index in [1.54, 1.807) is 90.0 Å². The third-order valence-electron chi connectivity index (χ3n) is 19.9. The SMILES string of the molecule is CCC(C)(C)C(=O)OC(C)(C)C1CCCCC1.CCC(C)(C)C(=O)OC1(CC(=O)OC)COC(C)(C)OC1.CCC(C)(C)C(=O)OC1=C(C)C(C)OC1=O.CCC(C)(C)C(=O)OC1CCOC1=O.CCC(C)(C)C(=O)OCC1CO1.CCOC(=O)CC1(OC(=O)C(C)(C)CC)COC(C)(C)OC1. The molecular weight excluding hydrogens is 1320 g/mol. The lowest BCUT2D eigenvalue weighted by Crippen LogP contribution is -2.55. The van der Waals surface area contributed by atoms with Crippen LogP contribution in [0.5, 0.6) is 0 Å². The number of esters is 10. The van der Waals surface area contributed by atoms with Crippen molar-refractivity contribution in [3.05, 3.63) is 11.3 Å². The number of epoxide rings is 1. The standard InChI is InChI=1S/C16H28O6.C15H26O6.C15H28O2.C12H18O4.C10H16O4.C9H16O3/c1-7-14(3,4)13(18)22-16(9-12(17)19-8-2)10-20-15(5,6)21-11-16;1-7-13(2,3)12(17)21-15(8-11(16)18-6)9-19-14(4,5)20-10-15;1-6-14(2,3)13(16)17-15(4,5)12-10-8-7-9-11-12;1-6-12(4,5)11(14)16-9-7(2)8(3)15-10(9)13;1-4-10(2,3)9(12)14-7-5-6-13-8(7)11;1-4-9(2,3)8(10)12-6-7-5-11-7/h7-11H2,1-6H3;7-10H2,1-6H3;12H,6-11H2,1-5H3;8H,6H2,1-5H3;7H,4-6H2,1-3H3;7H,4-6H2,1-3H3. The van der Waals surface area contributed by atoms with Crippen LogP contribution in [0.25, 0.3) is 0 Å². The summed E-state index contributed by atoms with van der Waals surface area (Å²) in [4.78, 5) is 117. The number of ether oxygens (including phenoxy) is 15. The lowest BCUT2D eigenvalue weighted by molar-refractivity contribution is -0.306. The molecule has 4 saturated heterocycles. The summed E-state index contributed by atoms with van der Waals surface area (Å²) < 4.78 is 78.9. The first-order valence-corrected chi connectivity index (χ1v) is 36.5. The Kier molecular flexibility index (Phi) is 37.1. The highest BCUT2D eigenvalue weighted by Crippen LogP contribution is 2.39. The van der Waals surface area contributed by atoms with E-state index >= 15 is 0 Å². The Morgan fingerprint density at radius 2 is 0.902 bits per heavy atom. The molecule has 0 aromatic rings. The van der Waals surface area contributed by atoms with Gasteiger partial charge in [0.15, 0.2) is 22.8 Å². The summed E-state index contributed by atoms with van der Waals surface area (Å²) in [5.41, 5.74) is -4.97. The average Bonchev–Trinajstić information content (AvgIpc) is 1.11. The number of hydrogen-bond acceptors (Lipinski definition) is 25. The number of rotatable bonds is 25. The number of carbonyl (C=O) groups excluding carboxylic acids is 10. The topological polar surface area (TPSA) is 312 Å². The number of hydrogen-bond donors (Lipinski definition) is 0. The van der Waals surface area contributed by atoms with Gasteiger partial charge < -0.3 is 71.1 Å². The highest BCUT2D eigenvalue weighted by Gasteiger charge is 2.50. The summed E-state index contributed by atoms with van der Waals surface area (Å²) in [6.07, 6.45) is 10.0. The van der Waals surface area contributed by atoms with Gasteiger partial charge in [-0.3, -0.25) is 38.4 Å². The minimum absolute atomic E-state index is 0.0458. The van der Waals surface area contributed by atoms with Crippen molar-refractivity contribution in [2.24, 2.45) is 38.4 Å². The summed E-state index contributed by atoms with van der Waals surface area (Å²) in [6, 6.07) is 0. The van der Waals surface area contributed by atoms with Gasteiger partial charge in [0.25, 0.3) is 0 Å². The number of cyclic esters (lactones) is 2. The summed E-state index contributed by atoms with van der Waals surface area (Å²) in [5.74, 6) is -4.44. The molecule has 0 aromatic carbocycles. The van der Waals surface area contributed by atoms with Gasteiger partial charge in [0.2, 0.25) is 11.9 Å². The fourth-order valence-electron chi connectivity index (χ4n) is 8.79. The average molecular weight is 1460 g/mol. The van der Waals surface area contributed by atoms with Crippen molar-refractivity contribution >= 4 is 59.7 Å². The molecule has 0 bridgehead atoms. The molecule has 1 aliphatic carbocycles. The molecule has 1 saturated carbocycles. The van der Waals surface area contributed by atoms with Crippen LogP contribution in [-0.2, 0) is 119 Å². The van der Waals surface area contributed by atoms with Gasteiger partial charge in [0, 0.05) is 12.0 Å². The van der Waals surface area contributed by atoms with Crippen molar-refractivity contribution in [1.82, 2.24) is 0 Å². The van der Waals surface area contributed by atoms with Crippen molar-refractivity contribution in [2.75, 3.05) is 60.0 Å². The van der Waals surface area contributed by atoms with E-state index in [1.165, 1.54) is 39.2 Å². The van der Waals surface area contributed by atoms with E-state index in [9.17, 15) is 47.9 Å². The molecule has 0 N–H and O–H groups in total. The largest absolute Gasteiger partial charge is 0.469 e. The van der Waals surface area contributed by atoms with Gasteiger partial charge in [0.1, 0.15) is 24.4 Å². The first-order valence-electron chi connectivity index (χ1n) is 36.5. The molecule has 5 heterocycles. The van der Waals surface area contributed by atoms with E-state index in [4.69, 9.17) is 66.3 Å². The maximum atomic E-state index is 12.4. The predicted octanol–water partition coefficient (Wildman–Crippen LogP) is 13.6. The smallest absolute Gasteiger partial charge is 0.375 e. The second-order valence-electron chi connectivity index (χ2n) is 32.4.